The van der Waals surface area contributed by atoms with Crippen LogP contribution in [-0.4, -0.2) is 30.7 Å². The predicted octanol–water partition coefficient (Wildman–Crippen LogP) is 2.51. The first kappa shape index (κ1) is 18.0. The molecule has 0 saturated heterocycles. The highest BCUT2D eigenvalue weighted by molar-refractivity contribution is 5.99. The Hall–Kier alpha value is -3.35. The van der Waals surface area contributed by atoms with Crippen molar-refractivity contribution in [2.45, 2.75) is 13.0 Å². The second-order valence-electron chi connectivity index (χ2n) is 6.53. The molecule has 1 aliphatic heterocycles. The molecule has 0 bridgehead atoms. The number of carbonyl (C=O) groups excluding carboxylic acids is 1. The molecule has 28 heavy (non-hydrogen) atoms. The summed E-state index contributed by atoms with van der Waals surface area (Å²) >= 11 is 0. The molecule has 0 atom stereocenters. The standard InChI is InChI=1S/C21H19FN2O4/c1-27-17-7-4-14-12-16(21(26)24-10-11-28-19(17)18(14)24)20(25)23-9-8-13-2-5-15(22)6-3-13/h2-7,12H,8-11H2,1H3,(H,23,25). The Labute approximate surface area is 160 Å². The first-order chi connectivity index (χ1) is 13.6. The number of benzene rings is 2. The molecule has 0 saturated carbocycles. The van der Waals surface area contributed by atoms with Gasteiger partial charge in [0.15, 0.2) is 11.5 Å². The lowest BCUT2D eigenvalue weighted by atomic mass is 10.1. The zero-order chi connectivity index (χ0) is 19.7. The molecule has 4 rings (SSSR count). The number of halogens is 1. The molecule has 1 aliphatic rings. The Morgan fingerprint density at radius 1 is 1.25 bits per heavy atom. The number of carbonyl (C=O) groups is 1. The number of hydrogen-bond acceptors (Lipinski definition) is 4. The van der Waals surface area contributed by atoms with Crippen LogP contribution in [0.25, 0.3) is 10.9 Å². The van der Waals surface area contributed by atoms with Crippen molar-refractivity contribution in [1.82, 2.24) is 9.88 Å². The SMILES string of the molecule is COc1ccc2cc(C(=O)NCCc3ccc(F)cc3)c(=O)n3c2c1OCC3. The van der Waals surface area contributed by atoms with Crippen LogP contribution in [0, 0.1) is 5.82 Å². The maximum Gasteiger partial charge on any atom is 0.264 e. The molecule has 0 unspecified atom stereocenters. The normalized spacial score (nSPS) is 12.5. The molecule has 0 aliphatic carbocycles. The van der Waals surface area contributed by atoms with Crippen LogP contribution in [0.4, 0.5) is 4.39 Å². The summed E-state index contributed by atoms with van der Waals surface area (Å²) in [7, 11) is 1.54. The molecule has 2 heterocycles. The molecule has 0 fully saturated rings. The van der Waals surface area contributed by atoms with Crippen LogP contribution in [0.2, 0.25) is 0 Å². The van der Waals surface area contributed by atoms with Crippen LogP contribution in [0.5, 0.6) is 11.5 Å². The van der Waals surface area contributed by atoms with E-state index in [0.717, 1.165) is 10.9 Å². The fourth-order valence-electron chi connectivity index (χ4n) is 3.41. The number of aromatic nitrogens is 1. The van der Waals surface area contributed by atoms with Gasteiger partial charge in [0.2, 0.25) is 0 Å². The van der Waals surface area contributed by atoms with Crippen LogP contribution in [0.3, 0.4) is 0 Å². The Morgan fingerprint density at radius 3 is 2.79 bits per heavy atom. The van der Waals surface area contributed by atoms with Crippen molar-refractivity contribution in [3.63, 3.8) is 0 Å². The summed E-state index contributed by atoms with van der Waals surface area (Å²) in [5.41, 5.74) is 1.27. The highest BCUT2D eigenvalue weighted by atomic mass is 19.1. The van der Waals surface area contributed by atoms with Crippen molar-refractivity contribution in [3.05, 3.63) is 69.8 Å². The summed E-state index contributed by atoms with van der Waals surface area (Å²) < 4.78 is 25.5. The van der Waals surface area contributed by atoms with Gasteiger partial charge in [0.25, 0.3) is 11.5 Å². The van der Waals surface area contributed by atoms with Crippen LogP contribution in [0.1, 0.15) is 15.9 Å². The number of nitrogens with one attached hydrogen (secondary N) is 1. The van der Waals surface area contributed by atoms with E-state index < -0.39 is 5.91 Å². The molecule has 0 radical (unpaired) electrons. The molecule has 1 aromatic heterocycles. The van der Waals surface area contributed by atoms with E-state index in [1.165, 1.54) is 12.1 Å². The molecular formula is C21H19FN2O4. The molecule has 1 N–H and O–H groups in total. The smallest absolute Gasteiger partial charge is 0.264 e. The number of amides is 1. The number of ether oxygens (including phenoxy) is 2. The van der Waals surface area contributed by atoms with E-state index in [0.29, 0.717) is 43.1 Å². The van der Waals surface area contributed by atoms with Gasteiger partial charge in [-0.15, -0.1) is 0 Å². The summed E-state index contributed by atoms with van der Waals surface area (Å²) in [5.74, 6) is 0.344. The quantitative estimate of drug-likeness (QED) is 0.736. The number of methoxy groups -OCH3 is 1. The molecule has 7 heteroatoms. The topological polar surface area (TPSA) is 69.6 Å². The fraction of sp³-hybridized carbons (Fsp3) is 0.238. The highest BCUT2D eigenvalue weighted by Gasteiger charge is 2.23. The number of rotatable bonds is 5. The van der Waals surface area contributed by atoms with Crippen molar-refractivity contribution in [2.24, 2.45) is 0 Å². The van der Waals surface area contributed by atoms with Gasteiger partial charge in [0, 0.05) is 11.9 Å². The summed E-state index contributed by atoms with van der Waals surface area (Å²) in [5, 5.41) is 3.51. The van der Waals surface area contributed by atoms with Crippen LogP contribution in [0.15, 0.2) is 47.3 Å². The minimum atomic E-state index is -0.429. The molecule has 0 spiro atoms. The number of nitrogens with zero attached hydrogens (tertiary/aromatic N) is 1. The van der Waals surface area contributed by atoms with Gasteiger partial charge in [-0.3, -0.25) is 9.59 Å². The second kappa shape index (κ2) is 7.34. The van der Waals surface area contributed by atoms with Crippen LogP contribution < -0.4 is 20.3 Å². The van der Waals surface area contributed by atoms with Crippen molar-refractivity contribution in [3.8, 4) is 11.5 Å². The molecule has 2 aromatic carbocycles. The van der Waals surface area contributed by atoms with Gasteiger partial charge in [-0.2, -0.15) is 0 Å². The van der Waals surface area contributed by atoms with Gasteiger partial charge in [-0.25, -0.2) is 4.39 Å². The Kier molecular flexibility index (Phi) is 4.73. The monoisotopic (exact) mass is 382 g/mol. The lowest BCUT2D eigenvalue weighted by molar-refractivity contribution is 0.0952. The zero-order valence-electron chi connectivity index (χ0n) is 15.3. The van der Waals surface area contributed by atoms with Gasteiger partial charge in [-0.1, -0.05) is 12.1 Å². The summed E-state index contributed by atoms with van der Waals surface area (Å²) in [6.45, 7) is 1.04. The van der Waals surface area contributed by atoms with Gasteiger partial charge in [-0.05, 0) is 42.3 Å². The predicted molar refractivity (Wildman–Crippen MR) is 103 cm³/mol. The van der Waals surface area contributed by atoms with Crippen molar-refractivity contribution in [2.75, 3.05) is 20.3 Å². The fourth-order valence-corrected chi connectivity index (χ4v) is 3.41. The Balaban J connectivity index is 1.60. The Bertz CT molecular complexity index is 1110. The number of pyridine rings is 1. The molecule has 1 amide bonds. The maximum atomic E-state index is 13.0. The third kappa shape index (κ3) is 3.19. The minimum Gasteiger partial charge on any atom is -0.493 e. The van der Waals surface area contributed by atoms with E-state index in [1.54, 1.807) is 42.0 Å². The second-order valence-corrected chi connectivity index (χ2v) is 6.53. The van der Waals surface area contributed by atoms with Crippen molar-refractivity contribution >= 4 is 16.8 Å². The van der Waals surface area contributed by atoms with E-state index in [2.05, 4.69) is 5.32 Å². The van der Waals surface area contributed by atoms with Gasteiger partial charge in [0.05, 0.1) is 19.2 Å². The minimum absolute atomic E-state index is 0.0876. The van der Waals surface area contributed by atoms with E-state index in [-0.39, 0.29) is 16.9 Å². The summed E-state index contributed by atoms with van der Waals surface area (Å²) in [4.78, 5) is 25.5. The van der Waals surface area contributed by atoms with Crippen LogP contribution >= 0.6 is 0 Å². The largest absolute Gasteiger partial charge is 0.493 e. The third-order valence-corrected chi connectivity index (χ3v) is 4.81. The molecule has 6 nitrogen and oxygen atoms in total. The lowest BCUT2D eigenvalue weighted by Crippen LogP contribution is -2.36. The highest BCUT2D eigenvalue weighted by Crippen LogP contribution is 2.36. The zero-order valence-corrected chi connectivity index (χ0v) is 15.3. The third-order valence-electron chi connectivity index (χ3n) is 4.81. The first-order valence-electron chi connectivity index (χ1n) is 8.98. The van der Waals surface area contributed by atoms with E-state index >= 15 is 0 Å². The van der Waals surface area contributed by atoms with Gasteiger partial charge >= 0.3 is 0 Å². The average Bonchev–Trinajstić information content (AvgIpc) is 2.72. The number of hydrogen-bond donors (Lipinski definition) is 1. The maximum absolute atomic E-state index is 13.0. The molecular weight excluding hydrogens is 363 g/mol. The average molecular weight is 382 g/mol. The lowest BCUT2D eigenvalue weighted by Gasteiger charge is -2.22. The molecule has 144 valence electrons. The van der Waals surface area contributed by atoms with E-state index in [9.17, 15) is 14.0 Å². The van der Waals surface area contributed by atoms with Crippen molar-refractivity contribution in [1.29, 1.82) is 0 Å². The van der Waals surface area contributed by atoms with Gasteiger partial charge < -0.3 is 19.4 Å². The van der Waals surface area contributed by atoms with Gasteiger partial charge in [0.1, 0.15) is 18.0 Å². The van der Waals surface area contributed by atoms with E-state index in [1.807, 2.05) is 0 Å². The summed E-state index contributed by atoms with van der Waals surface area (Å²) in [6.07, 6.45) is 0.545. The molecule has 3 aromatic rings. The first-order valence-corrected chi connectivity index (χ1v) is 8.98. The Morgan fingerprint density at radius 2 is 2.04 bits per heavy atom. The summed E-state index contributed by atoms with van der Waals surface area (Å²) in [6, 6.07) is 11.2. The van der Waals surface area contributed by atoms with E-state index in [4.69, 9.17) is 9.47 Å². The van der Waals surface area contributed by atoms with Crippen LogP contribution in [-0.2, 0) is 13.0 Å². The van der Waals surface area contributed by atoms with Crippen molar-refractivity contribution < 1.29 is 18.7 Å².